The first-order valence-electron chi connectivity index (χ1n) is 11.9. The second-order valence-electron chi connectivity index (χ2n) is 9.81. The molecule has 0 spiro atoms. The number of aryl methyl sites for hydroxylation is 1. The van der Waals surface area contributed by atoms with Crippen molar-refractivity contribution in [2.24, 2.45) is 5.41 Å². The molecule has 2 saturated heterocycles. The molecular weight excluding hydrogens is 452 g/mol. The second kappa shape index (κ2) is 10.7. The fourth-order valence-electron chi connectivity index (χ4n) is 4.93. The maximum atomic E-state index is 13.7. The third-order valence-electron chi connectivity index (χ3n) is 6.95. The van der Waals surface area contributed by atoms with E-state index < -0.39 is 12.1 Å². The van der Waals surface area contributed by atoms with Crippen molar-refractivity contribution in [3.8, 4) is 0 Å². The molecule has 33 heavy (non-hydrogen) atoms. The van der Waals surface area contributed by atoms with Crippen molar-refractivity contribution < 1.29 is 9.59 Å². The van der Waals surface area contributed by atoms with Gasteiger partial charge in [-0.05, 0) is 62.5 Å². The number of thiocarbonyl (C=S) groups is 1. The Balaban J connectivity index is 1.83. The van der Waals surface area contributed by atoms with Gasteiger partial charge in [0.15, 0.2) is 0 Å². The van der Waals surface area contributed by atoms with Gasteiger partial charge in [-0.15, -0.1) is 11.8 Å². The smallest absolute Gasteiger partial charge is 0.246 e. The summed E-state index contributed by atoms with van der Waals surface area (Å²) in [6.45, 7) is 10.3. The van der Waals surface area contributed by atoms with Gasteiger partial charge in [-0.3, -0.25) is 9.59 Å². The molecule has 0 saturated carbocycles. The van der Waals surface area contributed by atoms with Crippen molar-refractivity contribution >= 4 is 40.8 Å². The number of carbonyl (C=O) groups is 2. The van der Waals surface area contributed by atoms with Gasteiger partial charge in [0.2, 0.25) is 11.8 Å². The topological polar surface area (TPSA) is 73.5 Å². The standard InChI is InChI=1S/C25H38N4O2S2/c1-7-17-10-8-9-11-18(17)15(2)27-22(30)21-25(4,5)14-20-29(21)24(31)19(12-13-33-20)28-23(32)16(3)26-6/h8-11,15-16,19-21,26H,7,12-14H2,1-6H3,(H,27,30)(H,28,32)/t15-,16+,19+,20?,21-/m1/s1. The lowest BCUT2D eigenvalue weighted by Crippen LogP contribution is -2.57. The van der Waals surface area contributed by atoms with Crippen molar-refractivity contribution in [2.75, 3.05) is 12.8 Å². The zero-order valence-corrected chi connectivity index (χ0v) is 22.2. The molecule has 5 atom stereocenters. The molecule has 3 N–H and O–H groups in total. The summed E-state index contributed by atoms with van der Waals surface area (Å²) in [4.78, 5) is 29.9. The molecule has 8 heteroatoms. The van der Waals surface area contributed by atoms with Gasteiger partial charge in [-0.2, -0.15) is 0 Å². The molecule has 2 aliphatic rings. The molecule has 0 aliphatic carbocycles. The molecule has 2 amide bonds. The number of nitrogens with one attached hydrogen (secondary N) is 3. The number of carbonyl (C=O) groups excluding carboxylic acids is 2. The zero-order valence-electron chi connectivity index (χ0n) is 20.6. The molecule has 0 bridgehead atoms. The number of rotatable bonds is 7. The van der Waals surface area contributed by atoms with Crippen LogP contribution < -0.4 is 16.0 Å². The molecule has 2 heterocycles. The summed E-state index contributed by atoms with van der Waals surface area (Å²) in [6, 6.07) is 7.14. The number of nitrogens with zero attached hydrogens (tertiary/aromatic N) is 1. The van der Waals surface area contributed by atoms with Crippen LogP contribution >= 0.6 is 24.0 Å². The Hall–Kier alpha value is -1.64. The van der Waals surface area contributed by atoms with Crippen LogP contribution in [0, 0.1) is 5.41 Å². The maximum Gasteiger partial charge on any atom is 0.246 e. The Morgan fingerprint density at radius 1 is 1.30 bits per heavy atom. The lowest BCUT2D eigenvalue weighted by Gasteiger charge is -2.35. The highest BCUT2D eigenvalue weighted by atomic mass is 32.2. The number of amides is 2. The molecular formula is C25H38N4O2S2. The third-order valence-corrected chi connectivity index (χ3v) is 8.67. The normalized spacial score (nSPS) is 26.2. The van der Waals surface area contributed by atoms with Crippen molar-refractivity contribution in [1.82, 2.24) is 20.9 Å². The van der Waals surface area contributed by atoms with Crippen LogP contribution in [0.1, 0.15) is 64.6 Å². The predicted molar refractivity (Wildman–Crippen MR) is 140 cm³/mol. The predicted octanol–water partition coefficient (Wildman–Crippen LogP) is 3.41. The minimum Gasteiger partial charge on any atom is -0.367 e. The van der Waals surface area contributed by atoms with Gasteiger partial charge in [-0.1, -0.05) is 57.3 Å². The first kappa shape index (κ1) is 26.0. The van der Waals surface area contributed by atoms with E-state index in [1.54, 1.807) is 11.8 Å². The molecule has 182 valence electrons. The Kier molecular flexibility index (Phi) is 8.45. The first-order valence-corrected chi connectivity index (χ1v) is 13.4. The van der Waals surface area contributed by atoms with Crippen LogP contribution in [0.25, 0.3) is 0 Å². The number of benzene rings is 1. The average Bonchev–Trinajstić information content (AvgIpc) is 2.98. The van der Waals surface area contributed by atoms with E-state index in [4.69, 9.17) is 12.2 Å². The molecule has 6 nitrogen and oxygen atoms in total. The van der Waals surface area contributed by atoms with E-state index in [0.717, 1.165) is 24.2 Å². The van der Waals surface area contributed by atoms with Gasteiger partial charge in [0.1, 0.15) is 12.1 Å². The summed E-state index contributed by atoms with van der Waals surface area (Å²) in [5.41, 5.74) is 2.04. The summed E-state index contributed by atoms with van der Waals surface area (Å²) >= 11 is 7.28. The number of thioether (sulfide) groups is 1. The minimum atomic E-state index is -0.517. The fraction of sp³-hybridized carbons (Fsp3) is 0.640. The molecule has 2 aliphatic heterocycles. The quantitative estimate of drug-likeness (QED) is 0.509. The number of fused-ring (bicyclic) bond motifs is 1. The van der Waals surface area contributed by atoms with Crippen molar-refractivity contribution in [3.05, 3.63) is 35.4 Å². The minimum absolute atomic E-state index is 0.00331. The van der Waals surface area contributed by atoms with E-state index in [2.05, 4.69) is 48.9 Å². The monoisotopic (exact) mass is 490 g/mol. The zero-order chi connectivity index (χ0) is 24.3. The molecule has 1 aromatic carbocycles. The lowest BCUT2D eigenvalue weighted by molar-refractivity contribution is -0.142. The summed E-state index contributed by atoms with van der Waals surface area (Å²) < 4.78 is 0. The van der Waals surface area contributed by atoms with Crippen molar-refractivity contribution in [1.29, 1.82) is 0 Å². The number of hydrogen-bond acceptors (Lipinski definition) is 5. The fourth-order valence-corrected chi connectivity index (χ4v) is 6.77. The largest absolute Gasteiger partial charge is 0.367 e. The van der Waals surface area contributed by atoms with Gasteiger partial charge in [0.25, 0.3) is 0 Å². The third kappa shape index (κ3) is 5.54. The average molecular weight is 491 g/mol. The lowest BCUT2D eigenvalue weighted by atomic mass is 9.83. The van der Waals surface area contributed by atoms with Crippen LogP contribution in [0.4, 0.5) is 0 Å². The van der Waals surface area contributed by atoms with Crippen molar-refractivity contribution in [2.45, 2.75) is 83.4 Å². The first-order chi connectivity index (χ1) is 15.6. The van der Waals surface area contributed by atoms with Crippen molar-refractivity contribution in [3.63, 3.8) is 0 Å². The summed E-state index contributed by atoms with van der Waals surface area (Å²) in [7, 11) is 1.85. The van der Waals surface area contributed by atoms with Gasteiger partial charge in [-0.25, -0.2) is 0 Å². The van der Waals surface area contributed by atoms with Crippen LogP contribution in [-0.2, 0) is 16.0 Å². The number of hydrogen-bond donors (Lipinski definition) is 3. The number of likely N-dealkylation sites (N-methyl/N-ethyl adjacent to an activating group) is 1. The Morgan fingerprint density at radius 3 is 2.67 bits per heavy atom. The van der Waals surface area contributed by atoms with E-state index in [1.807, 2.05) is 37.9 Å². The second-order valence-corrected chi connectivity index (χ2v) is 11.5. The van der Waals surface area contributed by atoms with E-state index in [1.165, 1.54) is 5.56 Å². The SMILES string of the molecule is CCc1ccccc1[C@@H](C)NC(=O)[C@H]1N2C(=O)[C@@H](NC(=S)[C@H](C)NC)CCSC2CC1(C)C. The molecule has 0 aromatic heterocycles. The van der Waals surface area contributed by atoms with Crippen LogP contribution in [0.5, 0.6) is 0 Å². The maximum absolute atomic E-state index is 13.7. The van der Waals surface area contributed by atoms with E-state index in [0.29, 0.717) is 11.4 Å². The Morgan fingerprint density at radius 2 is 2.00 bits per heavy atom. The Labute approximate surface area is 208 Å². The van der Waals surface area contributed by atoms with Crippen LogP contribution in [0.2, 0.25) is 0 Å². The highest BCUT2D eigenvalue weighted by molar-refractivity contribution is 7.99. The summed E-state index contributed by atoms with van der Waals surface area (Å²) in [5, 5.41) is 9.62. The van der Waals surface area contributed by atoms with Crippen LogP contribution in [-0.4, -0.2) is 58.0 Å². The van der Waals surface area contributed by atoms with Gasteiger partial charge in [0, 0.05) is 0 Å². The molecule has 1 aromatic rings. The molecule has 2 fully saturated rings. The van der Waals surface area contributed by atoms with E-state index in [-0.39, 0.29) is 34.7 Å². The highest BCUT2D eigenvalue weighted by Crippen LogP contribution is 2.46. The van der Waals surface area contributed by atoms with Gasteiger partial charge >= 0.3 is 0 Å². The highest BCUT2D eigenvalue weighted by Gasteiger charge is 2.54. The summed E-state index contributed by atoms with van der Waals surface area (Å²) in [6.07, 6.45) is 2.40. The summed E-state index contributed by atoms with van der Waals surface area (Å²) in [5.74, 6) is 0.746. The van der Waals surface area contributed by atoms with E-state index >= 15 is 0 Å². The van der Waals surface area contributed by atoms with Crippen LogP contribution in [0.3, 0.4) is 0 Å². The molecule has 3 rings (SSSR count). The molecule has 0 radical (unpaired) electrons. The Bertz CT molecular complexity index is 891. The van der Waals surface area contributed by atoms with Gasteiger partial charge < -0.3 is 20.9 Å². The van der Waals surface area contributed by atoms with Gasteiger partial charge in [0.05, 0.1) is 22.4 Å². The van der Waals surface area contributed by atoms with E-state index in [9.17, 15) is 9.59 Å². The molecule has 1 unspecified atom stereocenters. The van der Waals surface area contributed by atoms with Crippen LogP contribution in [0.15, 0.2) is 24.3 Å².